The van der Waals surface area contributed by atoms with E-state index in [2.05, 4.69) is 34.6 Å². The summed E-state index contributed by atoms with van der Waals surface area (Å²) in [5, 5.41) is 6.80. The number of aromatic nitrogens is 1. The van der Waals surface area contributed by atoms with E-state index in [9.17, 15) is 4.79 Å². The van der Waals surface area contributed by atoms with E-state index in [0.717, 1.165) is 38.4 Å². The molecule has 0 saturated carbocycles. The number of hydrogen-bond donors (Lipinski definition) is 2. The van der Waals surface area contributed by atoms with Crippen LogP contribution >= 0.6 is 11.6 Å². The molecule has 1 aromatic carbocycles. The minimum atomic E-state index is -0.217. The second-order valence-corrected chi connectivity index (χ2v) is 7.42. The number of rotatable bonds is 6. The average Bonchev–Trinajstić information content (AvgIpc) is 2.67. The first-order valence-electron chi connectivity index (χ1n) is 9.01. The lowest BCUT2D eigenvalue weighted by Crippen LogP contribution is -2.53. The van der Waals surface area contributed by atoms with Crippen molar-refractivity contribution in [2.75, 3.05) is 44.5 Å². The lowest BCUT2D eigenvalue weighted by atomic mass is 9.88. The van der Waals surface area contributed by atoms with Gasteiger partial charge in [-0.25, -0.2) is 4.98 Å². The predicted octanol–water partition coefficient (Wildman–Crippen LogP) is 3.51. The summed E-state index contributed by atoms with van der Waals surface area (Å²) in [7, 11) is 4.20. The number of likely N-dealkylation sites (N-methyl/N-ethyl adjacent to an activating group) is 1. The highest BCUT2D eigenvalue weighted by Gasteiger charge is 2.34. The van der Waals surface area contributed by atoms with Crippen molar-refractivity contribution >= 4 is 29.0 Å². The van der Waals surface area contributed by atoms with E-state index in [1.165, 1.54) is 0 Å². The van der Waals surface area contributed by atoms with Crippen molar-refractivity contribution in [3.05, 3.63) is 53.2 Å². The molecule has 0 spiro atoms. The molecule has 6 nitrogen and oxygen atoms in total. The fourth-order valence-corrected chi connectivity index (χ4v) is 3.38. The van der Waals surface area contributed by atoms with Crippen LogP contribution in [0, 0.1) is 0 Å². The zero-order valence-electron chi connectivity index (χ0n) is 15.7. The van der Waals surface area contributed by atoms with E-state index in [1.807, 2.05) is 6.07 Å². The molecule has 3 rings (SSSR count). The van der Waals surface area contributed by atoms with Crippen LogP contribution < -0.4 is 10.6 Å². The zero-order valence-corrected chi connectivity index (χ0v) is 16.4. The predicted molar refractivity (Wildman–Crippen MR) is 109 cm³/mol. The van der Waals surface area contributed by atoms with Crippen molar-refractivity contribution in [1.29, 1.82) is 0 Å². The third kappa shape index (κ3) is 4.97. The first-order valence-corrected chi connectivity index (χ1v) is 9.38. The molecule has 0 radical (unpaired) electrons. The minimum Gasteiger partial charge on any atom is -0.381 e. The maximum atomic E-state index is 12.3. The smallest absolute Gasteiger partial charge is 0.257 e. The Balaban J connectivity index is 1.60. The summed E-state index contributed by atoms with van der Waals surface area (Å²) in [5.74, 6) is 0.535. The topological polar surface area (TPSA) is 66.5 Å². The molecule has 2 heterocycles. The number of anilines is 2. The summed E-state index contributed by atoms with van der Waals surface area (Å²) >= 11 is 5.94. The second-order valence-electron chi connectivity index (χ2n) is 6.98. The number of halogens is 1. The van der Waals surface area contributed by atoms with Crippen LogP contribution in [-0.4, -0.2) is 55.2 Å². The van der Waals surface area contributed by atoms with Gasteiger partial charge in [-0.15, -0.1) is 0 Å². The van der Waals surface area contributed by atoms with Gasteiger partial charge in [-0.1, -0.05) is 17.7 Å². The van der Waals surface area contributed by atoms with Gasteiger partial charge in [-0.3, -0.25) is 4.79 Å². The van der Waals surface area contributed by atoms with Crippen molar-refractivity contribution in [3.8, 4) is 0 Å². The third-order valence-electron chi connectivity index (χ3n) is 5.08. The zero-order chi connectivity index (χ0) is 19.3. The van der Waals surface area contributed by atoms with Crippen molar-refractivity contribution in [1.82, 2.24) is 9.88 Å². The molecule has 7 heteroatoms. The maximum Gasteiger partial charge on any atom is 0.257 e. The van der Waals surface area contributed by atoms with E-state index in [0.29, 0.717) is 16.3 Å². The van der Waals surface area contributed by atoms with E-state index >= 15 is 0 Å². The van der Waals surface area contributed by atoms with Gasteiger partial charge in [0.1, 0.15) is 5.82 Å². The number of carbonyl (C=O) groups excluding carboxylic acids is 1. The van der Waals surface area contributed by atoms with Crippen LogP contribution in [0.3, 0.4) is 0 Å². The highest BCUT2D eigenvalue weighted by molar-refractivity contribution is 6.30. The van der Waals surface area contributed by atoms with Gasteiger partial charge in [-0.2, -0.15) is 0 Å². The fourth-order valence-electron chi connectivity index (χ4n) is 3.19. The quantitative estimate of drug-likeness (QED) is 0.792. The van der Waals surface area contributed by atoms with Gasteiger partial charge >= 0.3 is 0 Å². The highest BCUT2D eigenvalue weighted by atomic mass is 35.5. The Hall–Kier alpha value is -2.15. The molecule has 1 amide bonds. The van der Waals surface area contributed by atoms with Gasteiger partial charge in [0.2, 0.25) is 0 Å². The molecule has 0 bridgehead atoms. The molecule has 0 unspecified atom stereocenters. The lowest BCUT2D eigenvalue weighted by molar-refractivity contribution is -0.000665. The van der Waals surface area contributed by atoms with Crippen LogP contribution in [-0.2, 0) is 4.74 Å². The molecular formula is C20H25ClN4O2. The summed E-state index contributed by atoms with van der Waals surface area (Å²) in [6.07, 6.45) is 3.54. The second kappa shape index (κ2) is 8.69. The number of pyridine rings is 1. The van der Waals surface area contributed by atoms with Gasteiger partial charge in [0.25, 0.3) is 5.91 Å². The molecule has 27 heavy (non-hydrogen) atoms. The number of ether oxygens (including phenoxy) is 1. The van der Waals surface area contributed by atoms with Crippen LogP contribution in [0.25, 0.3) is 0 Å². The number of benzene rings is 1. The van der Waals surface area contributed by atoms with Gasteiger partial charge in [0.05, 0.1) is 5.56 Å². The Kier molecular flexibility index (Phi) is 6.31. The van der Waals surface area contributed by atoms with Gasteiger partial charge < -0.3 is 20.3 Å². The van der Waals surface area contributed by atoms with Crippen LogP contribution in [0.1, 0.15) is 23.2 Å². The molecular weight excluding hydrogens is 364 g/mol. The van der Waals surface area contributed by atoms with Crippen molar-refractivity contribution in [3.63, 3.8) is 0 Å². The van der Waals surface area contributed by atoms with Crippen LogP contribution in [0.2, 0.25) is 5.02 Å². The normalized spacial score (nSPS) is 16.1. The number of amides is 1. The first kappa shape index (κ1) is 19.6. The molecule has 1 saturated heterocycles. The summed E-state index contributed by atoms with van der Waals surface area (Å²) in [4.78, 5) is 19.0. The number of nitrogens with zero attached hydrogens (tertiary/aromatic N) is 2. The van der Waals surface area contributed by atoms with Gasteiger partial charge in [0, 0.05) is 42.2 Å². The SMILES string of the molecule is CN(C)C1(CNc2ccc(C(=O)Nc3cccc(Cl)c3)cn2)CCOCC1. The fraction of sp³-hybridized carbons (Fsp3) is 0.400. The molecule has 2 N–H and O–H groups in total. The maximum absolute atomic E-state index is 12.3. The molecule has 144 valence electrons. The lowest BCUT2D eigenvalue weighted by Gasteiger charge is -2.43. The number of nitrogens with one attached hydrogen (secondary N) is 2. The molecule has 2 aromatic rings. The first-order chi connectivity index (χ1) is 13.0. The molecule has 1 aromatic heterocycles. The largest absolute Gasteiger partial charge is 0.381 e. The third-order valence-corrected chi connectivity index (χ3v) is 5.31. The molecule has 0 atom stereocenters. The van der Waals surface area contributed by atoms with E-state index in [-0.39, 0.29) is 11.4 Å². The standard InChI is InChI=1S/C20H25ClN4O2/c1-25(2)20(8-10-27-11-9-20)14-23-18-7-6-15(13-22-18)19(26)24-17-5-3-4-16(21)12-17/h3-7,12-13H,8-11,14H2,1-2H3,(H,22,23)(H,24,26). The Morgan fingerprint density at radius 3 is 2.67 bits per heavy atom. The van der Waals surface area contributed by atoms with Crippen molar-refractivity contribution in [2.24, 2.45) is 0 Å². The van der Waals surface area contributed by atoms with Crippen LogP contribution in [0.15, 0.2) is 42.6 Å². The van der Waals surface area contributed by atoms with Crippen molar-refractivity contribution < 1.29 is 9.53 Å². The summed E-state index contributed by atoms with van der Waals surface area (Å²) in [6, 6.07) is 10.6. The number of hydrogen-bond acceptors (Lipinski definition) is 5. The Labute approximate surface area is 164 Å². The van der Waals surface area contributed by atoms with Gasteiger partial charge in [-0.05, 0) is 57.3 Å². The molecule has 1 fully saturated rings. The molecule has 0 aliphatic carbocycles. The van der Waals surface area contributed by atoms with E-state index in [4.69, 9.17) is 16.3 Å². The molecule has 1 aliphatic rings. The minimum absolute atomic E-state index is 0.0581. The monoisotopic (exact) mass is 388 g/mol. The van der Waals surface area contributed by atoms with Crippen molar-refractivity contribution in [2.45, 2.75) is 18.4 Å². The van der Waals surface area contributed by atoms with E-state index < -0.39 is 0 Å². The van der Waals surface area contributed by atoms with Crippen LogP contribution in [0.5, 0.6) is 0 Å². The molecule has 1 aliphatic heterocycles. The van der Waals surface area contributed by atoms with Crippen LogP contribution in [0.4, 0.5) is 11.5 Å². The Bertz CT molecular complexity index is 774. The average molecular weight is 389 g/mol. The summed E-state index contributed by atoms with van der Waals surface area (Å²) in [5.41, 5.74) is 1.21. The summed E-state index contributed by atoms with van der Waals surface area (Å²) in [6.45, 7) is 2.33. The highest BCUT2D eigenvalue weighted by Crippen LogP contribution is 2.26. The Morgan fingerprint density at radius 1 is 1.26 bits per heavy atom. The van der Waals surface area contributed by atoms with E-state index in [1.54, 1.807) is 36.5 Å². The van der Waals surface area contributed by atoms with Gasteiger partial charge in [0.15, 0.2) is 0 Å². The Morgan fingerprint density at radius 2 is 2.04 bits per heavy atom. The number of carbonyl (C=O) groups is 1. The summed E-state index contributed by atoms with van der Waals surface area (Å²) < 4.78 is 5.50.